The first-order chi connectivity index (χ1) is 15.1. The minimum atomic E-state index is -0.553. The third-order valence-electron chi connectivity index (χ3n) is 13.0. The van der Waals surface area contributed by atoms with Gasteiger partial charge in [-0.1, -0.05) is 60.1 Å². The van der Waals surface area contributed by atoms with Crippen LogP contribution in [-0.2, 0) is 4.79 Å². The molecule has 0 bridgehead atoms. The van der Waals surface area contributed by atoms with Gasteiger partial charge in [0.05, 0.1) is 11.5 Å². The normalized spacial score (nSPS) is 52.4. The molecule has 2 unspecified atom stereocenters. The first-order valence-electron chi connectivity index (χ1n) is 13.8. The largest absolute Gasteiger partial charge is 0.481 e. The molecule has 5 aliphatic carbocycles. The van der Waals surface area contributed by atoms with Crippen LogP contribution in [0, 0.1) is 50.2 Å². The minimum absolute atomic E-state index is 0.0301. The van der Waals surface area contributed by atoms with E-state index in [4.69, 9.17) is 0 Å². The standard InChI is InChI=1S/C30H48O3/c1-25(2)14-16-30(24(32)33)17-15-28(6)19(20(30)18-25)8-9-22-27(5)12-11-23(31)26(3,4)21(27)10-13-29(22,28)7/h8,20-23,31H,9-18H2,1-7H3,(H,32,33)/t20?,21-,22+,23+,27-,28+,29+,30?/m0/s1. The molecule has 0 amide bonds. The van der Waals surface area contributed by atoms with Gasteiger partial charge in [-0.05, 0) is 109 Å². The van der Waals surface area contributed by atoms with Crippen molar-refractivity contribution in [1.82, 2.24) is 0 Å². The van der Waals surface area contributed by atoms with Gasteiger partial charge in [-0.3, -0.25) is 4.79 Å². The summed E-state index contributed by atoms with van der Waals surface area (Å²) in [7, 11) is 0. The van der Waals surface area contributed by atoms with Gasteiger partial charge in [-0.15, -0.1) is 0 Å². The molecule has 186 valence electrons. The smallest absolute Gasteiger partial charge is 0.310 e. The molecule has 0 radical (unpaired) electrons. The number of carboxylic acid groups (broad SMARTS) is 1. The monoisotopic (exact) mass is 456 g/mol. The average molecular weight is 457 g/mol. The number of carbonyl (C=O) groups is 1. The lowest BCUT2D eigenvalue weighted by Crippen LogP contribution is -2.65. The Morgan fingerprint density at radius 3 is 2.21 bits per heavy atom. The zero-order chi connectivity index (χ0) is 24.2. The second kappa shape index (κ2) is 6.89. The molecule has 0 heterocycles. The summed E-state index contributed by atoms with van der Waals surface area (Å²) in [6.07, 6.45) is 12.6. The molecule has 4 fully saturated rings. The molecule has 0 aliphatic heterocycles. The highest BCUT2D eigenvalue weighted by Gasteiger charge is 2.69. The molecule has 0 saturated heterocycles. The summed E-state index contributed by atoms with van der Waals surface area (Å²) in [5.41, 5.74) is 1.68. The molecule has 5 rings (SSSR count). The van der Waals surface area contributed by atoms with Crippen molar-refractivity contribution < 1.29 is 15.0 Å². The van der Waals surface area contributed by atoms with E-state index in [9.17, 15) is 15.0 Å². The number of hydrogen-bond donors (Lipinski definition) is 2. The maximum atomic E-state index is 12.8. The first kappa shape index (κ1) is 23.9. The van der Waals surface area contributed by atoms with E-state index in [0.717, 1.165) is 51.4 Å². The van der Waals surface area contributed by atoms with E-state index in [1.165, 1.54) is 18.4 Å². The molecule has 3 nitrogen and oxygen atoms in total. The number of allylic oxidation sites excluding steroid dienone is 2. The van der Waals surface area contributed by atoms with Crippen molar-refractivity contribution >= 4 is 5.97 Å². The third-order valence-corrected chi connectivity index (χ3v) is 13.0. The number of hydrogen-bond acceptors (Lipinski definition) is 2. The van der Waals surface area contributed by atoms with Gasteiger partial charge in [-0.2, -0.15) is 0 Å². The van der Waals surface area contributed by atoms with Crippen LogP contribution in [-0.4, -0.2) is 22.3 Å². The molecule has 33 heavy (non-hydrogen) atoms. The van der Waals surface area contributed by atoms with Crippen molar-refractivity contribution in [2.24, 2.45) is 50.2 Å². The van der Waals surface area contributed by atoms with Crippen molar-refractivity contribution in [2.45, 2.75) is 119 Å². The molecule has 0 aromatic carbocycles. The molecule has 3 heteroatoms. The molecular formula is C30H48O3. The summed E-state index contributed by atoms with van der Waals surface area (Å²) >= 11 is 0. The summed E-state index contributed by atoms with van der Waals surface area (Å²) in [6, 6.07) is 0. The van der Waals surface area contributed by atoms with Gasteiger partial charge in [0.1, 0.15) is 0 Å². The van der Waals surface area contributed by atoms with E-state index in [-0.39, 0.29) is 39.1 Å². The second-order valence-corrected chi connectivity index (χ2v) is 15.1. The van der Waals surface area contributed by atoms with Crippen molar-refractivity contribution in [3.63, 3.8) is 0 Å². The maximum Gasteiger partial charge on any atom is 0.310 e. The number of carboxylic acids is 1. The van der Waals surface area contributed by atoms with Crippen LogP contribution in [0.1, 0.15) is 113 Å². The topological polar surface area (TPSA) is 57.5 Å². The van der Waals surface area contributed by atoms with Crippen molar-refractivity contribution in [3.05, 3.63) is 11.6 Å². The molecule has 2 N–H and O–H groups in total. The molecule has 0 spiro atoms. The van der Waals surface area contributed by atoms with Crippen LogP contribution < -0.4 is 0 Å². The SMILES string of the molecule is CC1(C)CCC2(C(=O)O)CC[C@]3(C)C(=CC[C@@H]4[C@@]5(C)CC[C@@H](O)C(C)(C)[C@@H]5CC[C@]43C)C2C1. The minimum Gasteiger partial charge on any atom is -0.481 e. The fourth-order valence-corrected chi connectivity index (χ4v) is 10.6. The Kier molecular flexibility index (Phi) is 4.99. The van der Waals surface area contributed by atoms with E-state index in [2.05, 4.69) is 54.5 Å². The zero-order valence-electron chi connectivity index (χ0n) is 22.3. The Hall–Kier alpha value is -0.830. The lowest BCUT2D eigenvalue weighted by atomic mass is 9.33. The van der Waals surface area contributed by atoms with Gasteiger partial charge in [0.15, 0.2) is 0 Å². The maximum absolute atomic E-state index is 12.8. The Bertz CT molecular complexity index is 885. The number of rotatable bonds is 1. The highest BCUT2D eigenvalue weighted by Crippen LogP contribution is 2.75. The lowest BCUT2D eigenvalue weighted by molar-refractivity contribution is -0.205. The van der Waals surface area contributed by atoms with Crippen molar-refractivity contribution in [1.29, 1.82) is 0 Å². The van der Waals surface area contributed by atoms with Gasteiger partial charge >= 0.3 is 5.97 Å². The van der Waals surface area contributed by atoms with Crippen LogP contribution in [0.15, 0.2) is 11.6 Å². The van der Waals surface area contributed by atoms with Crippen molar-refractivity contribution in [2.75, 3.05) is 0 Å². The molecule has 0 aromatic heterocycles. The quantitative estimate of drug-likeness (QED) is 0.409. The Morgan fingerprint density at radius 1 is 0.879 bits per heavy atom. The highest BCUT2D eigenvalue weighted by atomic mass is 16.4. The number of aliphatic hydroxyl groups is 1. The van der Waals surface area contributed by atoms with Crippen molar-refractivity contribution in [3.8, 4) is 0 Å². The summed E-state index contributed by atoms with van der Waals surface area (Å²) < 4.78 is 0. The number of aliphatic carboxylic acids is 1. The second-order valence-electron chi connectivity index (χ2n) is 15.1. The van der Waals surface area contributed by atoms with Gasteiger partial charge in [0, 0.05) is 0 Å². The van der Waals surface area contributed by atoms with Crippen LogP contribution in [0.4, 0.5) is 0 Å². The lowest BCUT2D eigenvalue weighted by Gasteiger charge is -2.71. The highest BCUT2D eigenvalue weighted by molar-refractivity contribution is 5.76. The fourth-order valence-electron chi connectivity index (χ4n) is 10.6. The van der Waals surface area contributed by atoms with E-state index < -0.39 is 11.4 Å². The Morgan fingerprint density at radius 2 is 1.55 bits per heavy atom. The molecule has 8 atom stereocenters. The van der Waals surface area contributed by atoms with E-state index in [1.54, 1.807) is 0 Å². The van der Waals surface area contributed by atoms with Gasteiger partial charge in [0.2, 0.25) is 0 Å². The molecular weight excluding hydrogens is 408 g/mol. The number of fused-ring (bicyclic) bond motifs is 7. The predicted octanol–water partition coefficient (Wildman–Crippen LogP) is 7.23. The van der Waals surface area contributed by atoms with Gasteiger partial charge in [0.25, 0.3) is 0 Å². The van der Waals surface area contributed by atoms with E-state index in [0.29, 0.717) is 11.8 Å². The van der Waals surface area contributed by atoms with Crippen LogP contribution in [0.5, 0.6) is 0 Å². The predicted molar refractivity (Wildman–Crippen MR) is 133 cm³/mol. The van der Waals surface area contributed by atoms with Crippen LogP contribution >= 0.6 is 0 Å². The summed E-state index contributed by atoms with van der Waals surface area (Å²) in [6.45, 7) is 16.9. The van der Waals surface area contributed by atoms with Gasteiger partial charge in [-0.25, -0.2) is 0 Å². The summed E-state index contributed by atoms with van der Waals surface area (Å²) in [5, 5.41) is 21.4. The Labute approximate surface area is 201 Å². The zero-order valence-corrected chi connectivity index (χ0v) is 22.3. The average Bonchev–Trinajstić information content (AvgIpc) is 2.71. The van der Waals surface area contributed by atoms with Gasteiger partial charge < -0.3 is 10.2 Å². The molecule has 4 saturated carbocycles. The fraction of sp³-hybridized carbons (Fsp3) is 0.900. The van der Waals surface area contributed by atoms with Crippen LogP contribution in [0.2, 0.25) is 0 Å². The van der Waals surface area contributed by atoms with E-state index >= 15 is 0 Å². The number of aliphatic hydroxyl groups excluding tert-OH is 1. The van der Waals surface area contributed by atoms with E-state index in [1.807, 2.05) is 0 Å². The molecule has 5 aliphatic rings. The summed E-state index contributed by atoms with van der Waals surface area (Å²) in [5.74, 6) is 0.807. The summed E-state index contributed by atoms with van der Waals surface area (Å²) in [4.78, 5) is 12.8. The Balaban J connectivity index is 1.60. The van der Waals surface area contributed by atoms with Crippen LogP contribution in [0.3, 0.4) is 0 Å². The first-order valence-corrected chi connectivity index (χ1v) is 13.8. The molecule has 0 aromatic rings. The van der Waals surface area contributed by atoms with Crippen LogP contribution in [0.25, 0.3) is 0 Å². The third kappa shape index (κ3) is 2.87.